The predicted octanol–water partition coefficient (Wildman–Crippen LogP) is 3.52. The molecule has 0 saturated heterocycles. The standard InChI is InChI=1S/C11H11Cl2F2NO2/c1-2-18-8(17)3-7-9(11(14)15)6(4-12)5-16-10(7)13/h5,11H,2-4H2,1H3. The summed E-state index contributed by atoms with van der Waals surface area (Å²) in [5.41, 5.74) is -0.198. The third-order valence-corrected chi connectivity index (χ3v) is 2.86. The minimum atomic E-state index is -2.77. The van der Waals surface area contributed by atoms with Crippen LogP contribution in [0.1, 0.15) is 30.0 Å². The summed E-state index contributed by atoms with van der Waals surface area (Å²) in [6.45, 7) is 1.80. The molecule has 1 aromatic rings. The van der Waals surface area contributed by atoms with E-state index in [1.165, 1.54) is 6.20 Å². The van der Waals surface area contributed by atoms with Crippen LogP contribution < -0.4 is 0 Å². The maximum absolute atomic E-state index is 13.0. The molecular weight excluding hydrogens is 287 g/mol. The summed E-state index contributed by atoms with van der Waals surface area (Å²) < 4.78 is 30.7. The van der Waals surface area contributed by atoms with Gasteiger partial charge in [-0.1, -0.05) is 11.6 Å². The summed E-state index contributed by atoms with van der Waals surface area (Å²) in [6, 6.07) is 0. The molecule has 0 aliphatic carbocycles. The molecule has 0 aromatic carbocycles. The van der Waals surface area contributed by atoms with E-state index in [9.17, 15) is 13.6 Å². The van der Waals surface area contributed by atoms with Crippen LogP contribution >= 0.6 is 23.2 Å². The summed E-state index contributed by atoms with van der Waals surface area (Å²) in [5, 5.41) is -0.132. The fraction of sp³-hybridized carbons (Fsp3) is 0.455. The number of nitrogens with zero attached hydrogens (tertiary/aromatic N) is 1. The second-order valence-corrected chi connectivity index (χ2v) is 4.01. The van der Waals surface area contributed by atoms with Crippen LogP contribution in [0.25, 0.3) is 0 Å². The Bertz CT molecular complexity index is 441. The van der Waals surface area contributed by atoms with E-state index >= 15 is 0 Å². The summed E-state index contributed by atoms with van der Waals surface area (Å²) in [5.74, 6) is -0.755. The summed E-state index contributed by atoms with van der Waals surface area (Å²) in [4.78, 5) is 15.1. The minimum Gasteiger partial charge on any atom is -0.466 e. The maximum atomic E-state index is 13.0. The molecule has 0 aliphatic heterocycles. The zero-order valence-corrected chi connectivity index (χ0v) is 11.1. The van der Waals surface area contributed by atoms with Crippen LogP contribution in [0.15, 0.2) is 6.20 Å². The van der Waals surface area contributed by atoms with Crippen molar-refractivity contribution in [1.29, 1.82) is 0 Å². The van der Waals surface area contributed by atoms with Crippen LogP contribution in [0.3, 0.4) is 0 Å². The molecule has 0 fully saturated rings. The average molecular weight is 298 g/mol. The summed E-state index contributed by atoms with van der Waals surface area (Å²) >= 11 is 11.3. The number of hydrogen-bond acceptors (Lipinski definition) is 3. The third kappa shape index (κ3) is 3.53. The fourth-order valence-electron chi connectivity index (χ4n) is 1.49. The Morgan fingerprint density at radius 1 is 1.56 bits per heavy atom. The second kappa shape index (κ2) is 6.85. The number of alkyl halides is 3. The van der Waals surface area contributed by atoms with Gasteiger partial charge in [0.1, 0.15) is 5.15 Å². The number of ether oxygens (including phenoxy) is 1. The second-order valence-electron chi connectivity index (χ2n) is 3.38. The monoisotopic (exact) mass is 297 g/mol. The number of aromatic nitrogens is 1. The molecule has 3 nitrogen and oxygen atoms in total. The van der Waals surface area contributed by atoms with E-state index in [0.29, 0.717) is 0 Å². The Morgan fingerprint density at radius 2 is 2.22 bits per heavy atom. The molecule has 0 aliphatic rings. The molecular formula is C11H11Cl2F2NO2. The average Bonchev–Trinajstić information content (AvgIpc) is 2.31. The highest BCUT2D eigenvalue weighted by Gasteiger charge is 2.23. The van der Waals surface area contributed by atoms with Crippen molar-refractivity contribution in [2.24, 2.45) is 0 Å². The Hall–Kier alpha value is -0.940. The van der Waals surface area contributed by atoms with Crippen LogP contribution in [0.5, 0.6) is 0 Å². The number of rotatable bonds is 5. The van der Waals surface area contributed by atoms with Crippen molar-refractivity contribution in [3.8, 4) is 0 Å². The van der Waals surface area contributed by atoms with Crippen LogP contribution in [0.4, 0.5) is 8.78 Å². The van der Waals surface area contributed by atoms with E-state index < -0.39 is 12.4 Å². The number of carbonyl (C=O) groups excluding carboxylic acids is 1. The predicted molar refractivity (Wildman–Crippen MR) is 64.1 cm³/mol. The lowest BCUT2D eigenvalue weighted by molar-refractivity contribution is -0.142. The van der Waals surface area contributed by atoms with E-state index in [1.807, 2.05) is 0 Å². The maximum Gasteiger partial charge on any atom is 0.310 e. The molecule has 7 heteroatoms. The molecule has 1 heterocycles. The Labute approximate surface area is 113 Å². The van der Waals surface area contributed by atoms with Crippen LogP contribution in [-0.2, 0) is 21.8 Å². The number of carbonyl (C=O) groups is 1. The molecule has 1 rings (SSSR count). The van der Waals surface area contributed by atoms with Gasteiger partial charge in [0.05, 0.1) is 13.0 Å². The van der Waals surface area contributed by atoms with Gasteiger partial charge < -0.3 is 4.74 Å². The number of halogens is 4. The van der Waals surface area contributed by atoms with Crippen LogP contribution in [0.2, 0.25) is 5.15 Å². The van der Waals surface area contributed by atoms with Crippen molar-refractivity contribution in [1.82, 2.24) is 4.98 Å². The van der Waals surface area contributed by atoms with Crippen molar-refractivity contribution in [2.75, 3.05) is 6.61 Å². The molecule has 1 aromatic heterocycles. The van der Waals surface area contributed by atoms with Crippen molar-refractivity contribution in [3.05, 3.63) is 28.0 Å². The zero-order chi connectivity index (χ0) is 13.7. The van der Waals surface area contributed by atoms with Gasteiger partial charge in [-0.3, -0.25) is 4.79 Å². The van der Waals surface area contributed by atoms with Gasteiger partial charge in [-0.05, 0) is 12.5 Å². The highest BCUT2D eigenvalue weighted by atomic mass is 35.5. The van der Waals surface area contributed by atoms with Crippen LogP contribution in [0, 0.1) is 0 Å². The Morgan fingerprint density at radius 3 is 2.72 bits per heavy atom. The van der Waals surface area contributed by atoms with Gasteiger partial charge in [0.15, 0.2) is 0 Å². The van der Waals surface area contributed by atoms with Crippen LogP contribution in [-0.4, -0.2) is 17.6 Å². The number of pyridine rings is 1. The highest BCUT2D eigenvalue weighted by Crippen LogP contribution is 2.31. The van der Waals surface area contributed by atoms with Gasteiger partial charge in [-0.25, -0.2) is 13.8 Å². The lowest BCUT2D eigenvalue weighted by Gasteiger charge is -2.13. The normalized spacial score (nSPS) is 10.8. The van der Waals surface area contributed by atoms with E-state index in [-0.39, 0.29) is 40.8 Å². The van der Waals surface area contributed by atoms with Crippen molar-refractivity contribution in [2.45, 2.75) is 25.7 Å². The molecule has 0 saturated carbocycles. The molecule has 0 radical (unpaired) electrons. The zero-order valence-electron chi connectivity index (χ0n) is 9.55. The lowest BCUT2D eigenvalue weighted by atomic mass is 10.0. The molecule has 0 bridgehead atoms. The summed E-state index contributed by atoms with van der Waals surface area (Å²) in [7, 11) is 0. The van der Waals surface area contributed by atoms with E-state index in [0.717, 1.165) is 0 Å². The topological polar surface area (TPSA) is 39.2 Å². The molecule has 0 atom stereocenters. The van der Waals surface area contributed by atoms with Crippen molar-refractivity contribution in [3.63, 3.8) is 0 Å². The lowest BCUT2D eigenvalue weighted by Crippen LogP contribution is -2.12. The van der Waals surface area contributed by atoms with Gasteiger partial charge in [-0.2, -0.15) is 0 Å². The van der Waals surface area contributed by atoms with E-state index in [1.54, 1.807) is 6.92 Å². The van der Waals surface area contributed by atoms with Gasteiger partial charge in [0.2, 0.25) is 0 Å². The fourth-order valence-corrected chi connectivity index (χ4v) is 1.92. The third-order valence-electron chi connectivity index (χ3n) is 2.24. The number of hydrogen-bond donors (Lipinski definition) is 0. The van der Waals surface area contributed by atoms with Crippen molar-refractivity contribution >= 4 is 29.2 Å². The molecule has 0 unspecified atom stereocenters. The smallest absolute Gasteiger partial charge is 0.310 e. The SMILES string of the molecule is CCOC(=O)Cc1c(Cl)ncc(CCl)c1C(F)F. The van der Waals surface area contributed by atoms with Gasteiger partial charge in [0, 0.05) is 23.2 Å². The number of esters is 1. The summed E-state index contributed by atoms with van der Waals surface area (Å²) in [6.07, 6.45) is -1.93. The minimum absolute atomic E-state index is 0.0248. The largest absolute Gasteiger partial charge is 0.466 e. The molecule has 0 spiro atoms. The first-order valence-electron chi connectivity index (χ1n) is 5.17. The van der Waals surface area contributed by atoms with E-state index in [4.69, 9.17) is 27.9 Å². The highest BCUT2D eigenvalue weighted by molar-refractivity contribution is 6.30. The first-order valence-corrected chi connectivity index (χ1v) is 6.08. The van der Waals surface area contributed by atoms with Crippen molar-refractivity contribution < 1.29 is 18.3 Å². The van der Waals surface area contributed by atoms with Gasteiger partial charge >= 0.3 is 5.97 Å². The Balaban J connectivity index is 3.18. The molecule has 0 N–H and O–H groups in total. The van der Waals surface area contributed by atoms with Gasteiger partial charge in [0.25, 0.3) is 6.43 Å². The molecule has 0 amide bonds. The quantitative estimate of drug-likeness (QED) is 0.474. The molecule has 18 heavy (non-hydrogen) atoms. The van der Waals surface area contributed by atoms with Gasteiger partial charge in [-0.15, -0.1) is 11.6 Å². The first-order chi connectivity index (χ1) is 8.51. The van der Waals surface area contributed by atoms with E-state index in [2.05, 4.69) is 4.98 Å². The molecule has 100 valence electrons. The first kappa shape index (κ1) is 15.1. The Kier molecular flexibility index (Phi) is 5.75.